The Kier molecular flexibility index (Phi) is 9.11. The van der Waals surface area contributed by atoms with E-state index in [1.807, 2.05) is 66.7 Å². The second-order valence-electron chi connectivity index (χ2n) is 8.34. The molecule has 37 heavy (non-hydrogen) atoms. The highest BCUT2D eigenvalue weighted by Crippen LogP contribution is 2.25. The van der Waals surface area contributed by atoms with Gasteiger partial charge in [0.1, 0.15) is 5.75 Å². The number of carbonyl (C=O) groups excluding carboxylic acids is 1. The topological polar surface area (TPSA) is 84.5 Å². The van der Waals surface area contributed by atoms with Gasteiger partial charge in [0.15, 0.2) is 0 Å². The SMILES string of the molecule is O=C(Nc1ccc(S(=O)(=O)NCCc2ccccc2)cc1)c1cc(Br)ccc1OCCc1ccccc1. The highest BCUT2D eigenvalue weighted by atomic mass is 79.9. The third-order valence-corrected chi connectivity index (χ3v) is 7.62. The molecule has 8 heteroatoms. The summed E-state index contributed by atoms with van der Waals surface area (Å²) >= 11 is 3.41. The van der Waals surface area contributed by atoms with E-state index in [1.165, 1.54) is 12.1 Å². The summed E-state index contributed by atoms with van der Waals surface area (Å²) in [5.74, 6) is 0.117. The van der Waals surface area contributed by atoms with Crippen LogP contribution in [0.4, 0.5) is 5.69 Å². The highest BCUT2D eigenvalue weighted by Gasteiger charge is 2.16. The van der Waals surface area contributed by atoms with Gasteiger partial charge in [-0.05, 0) is 60.0 Å². The molecule has 190 valence electrons. The van der Waals surface area contributed by atoms with Gasteiger partial charge >= 0.3 is 0 Å². The van der Waals surface area contributed by atoms with E-state index in [0.29, 0.717) is 43.0 Å². The lowest BCUT2D eigenvalue weighted by Gasteiger charge is -2.13. The number of carbonyl (C=O) groups is 1. The van der Waals surface area contributed by atoms with Gasteiger partial charge in [-0.25, -0.2) is 13.1 Å². The van der Waals surface area contributed by atoms with Crippen LogP contribution < -0.4 is 14.8 Å². The molecule has 2 N–H and O–H groups in total. The van der Waals surface area contributed by atoms with Crippen LogP contribution in [0.15, 0.2) is 112 Å². The molecule has 0 unspecified atom stereocenters. The van der Waals surface area contributed by atoms with E-state index < -0.39 is 10.0 Å². The van der Waals surface area contributed by atoms with Gasteiger partial charge < -0.3 is 10.1 Å². The highest BCUT2D eigenvalue weighted by molar-refractivity contribution is 9.10. The van der Waals surface area contributed by atoms with Crippen LogP contribution in [0.25, 0.3) is 0 Å². The number of nitrogens with one attached hydrogen (secondary N) is 2. The Morgan fingerprint density at radius 3 is 2.05 bits per heavy atom. The summed E-state index contributed by atoms with van der Waals surface area (Å²) in [7, 11) is -3.66. The fourth-order valence-corrected chi connectivity index (χ4v) is 5.10. The smallest absolute Gasteiger partial charge is 0.259 e. The maximum atomic E-state index is 13.0. The summed E-state index contributed by atoms with van der Waals surface area (Å²) in [6.45, 7) is 0.719. The molecule has 0 radical (unpaired) electrons. The summed E-state index contributed by atoms with van der Waals surface area (Å²) in [6.07, 6.45) is 1.31. The molecule has 0 fully saturated rings. The number of amides is 1. The predicted molar refractivity (Wildman–Crippen MR) is 150 cm³/mol. The Balaban J connectivity index is 1.36. The second-order valence-corrected chi connectivity index (χ2v) is 11.0. The lowest BCUT2D eigenvalue weighted by atomic mass is 10.1. The van der Waals surface area contributed by atoms with Gasteiger partial charge in [0.05, 0.1) is 17.1 Å². The zero-order valence-corrected chi connectivity index (χ0v) is 22.5. The number of rotatable bonds is 11. The molecule has 0 saturated heterocycles. The zero-order chi connectivity index (χ0) is 26.1. The van der Waals surface area contributed by atoms with E-state index >= 15 is 0 Å². The molecule has 4 rings (SSSR count). The third kappa shape index (κ3) is 7.76. The minimum absolute atomic E-state index is 0.131. The number of halogens is 1. The predicted octanol–water partition coefficient (Wildman–Crippen LogP) is 5.84. The molecule has 0 aliphatic rings. The molecule has 0 spiro atoms. The van der Waals surface area contributed by atoms with Gasteiger partial charge in [-0.15, -0.1) is 0 Å². The molecule has 0 aliphatic carbocycles. The quantitative estimate of drug-likeness (QED) is 0.234. The van der Waals surface area contributed by atoms with E-state index in [2.05, 4.69) is 26.0 Å². The monoisotopic (exact) mass is 578 g/mol. The lowest BCUT2D eigenvalue weighted by Crippen LogP contribution is -2.26. The second kappa shape index (κ2) is 12.7. The van der Waals surface area contributed by atoms with Crippen LogP contribution in [-0.4, -0.2) is 27.5 Å². The minimum Gasteiger partial charge on any atom is -0.492 e. The van der Waals surface area contributed by atoms with Gasteiger partial charge in [-0.1, -0.05) is 76.6 Å². The number of sulfonamides is 1. The average Bonchev–Trinajstić information content (AvgIpc) is 2.91. The Bertz CT molecular complexity index is 1430. The minimum atomic E-state index is -3.66. The van der Waals surface area contributed by atoms with Crippen molar-refractivity contribution in [1.82, 2.24) is 4.72 Å². The van der Waals surface area contributed by atoms with Crippen LogP contribution in [0.2, 0.25) is 0 Å². The number of hydrogen-bond acceptors (Lipinski definition) is 4. The molecule has 0 atom stereocenters. The van der Waals surface area contributed by atoms with Gasteiger partial charge in [-0.3, -0.25) is 4.79 Å². The number of benzene rings is 4. The van der Waals surface area contributed by atoms with Crippen LogP contribution in [-0.2, 0) is 22.9 Å². The molecule has 1 amide bonds. The lowest BCUT2D eigenvalue weighted by molar-refractivity contribution is 0.102. The molecular weight excluding hydrogens is 552 g/mol. The normalized spacial score (nSPS) is 11.2. The summed E-state index contributed by atoms with van der Waals surface area (Å²) in [6, 6.07) is 31.0. The van der Waals surface area contributed by atoms with Crippen molar-refractivity contribution < 1.29 is 17.9 Å². The standard InChI is InChI=1S/C29H27BrN2O4S/c30-24-11-16-28(36-20-18-23-9-5-2-6-10-23)27(21-24)29(33)32-25-12-14-26(15-13-25)37(34,35)31-19-17-22-7-3-1-4-8-22/h1-16,21,31H,17-20H2,(H,32,33). The maximum Gasteiger partial charge on any atom is 0.259 e. The fraction of sp³-hybridized carbons (Fsp3) is 0.138. The Morgan fingerprint density at radius 2 is 1.41 bits per heavy atom. The van der Waals surface area contributed by atoms with Crippen LogP contribution in [0, 0.1) is 0 Å². The molecule has 0 bridgehead atoms. The van der Waals surface area contributed by atoms with Crippen molar-refractivity contribution in [3.63, 3.8) is 0 Å². The van der Waals surface area contributed by atoms with Crippen LogP contribution >= 0.6 is 15.9 Å². The number of hydrogen-bond donors (Lipinski definition) is 2. The molecule has 4 aromatic carbocycles. The van der Waals surface area contributed by atoms with Crippen molar-refractivity contribution in [3.8, 4) is 5.75 Å². The van der Waals surface area contributed by atoms with Crippen molar-refractivity contribution in [2.24, 2.45) is 0 Å². The molecule has 0 saturated carbocycles. The van der Waals surface area contributed by atoms with E-state index in [1.54, 1.807) is 24.3 Å². The summed E-state index contributed by atoms with van der Waals surface area (Å²) < 4.78 is 34.6. The van der Waals surface area contributed by atoms with Gasteiger partial charge in [0, 0.05) is 23.1 Å². The molecule has 6 nitrogen and oxygen atoms in total. The largest absolute Gasteiger partial charge is 0.492 e. The van der Waals surface area contributed by atoms with E-state index in [-0.39, 0.29) is 10.8 Å². The zero-order valence-electron chi connectivity index (χ0n) is 20.1. The first-order valence-corrected chi connectivity index (χ1v) is 14.1. The summed E-state index contributed by atoms with van der Waals surface area (Å²) in [5, 5.41) is 2.82. The molecule has 0 heterocycles. The van der Waals surface area contributed by atoms with Crippen molar-refractivity contribution in [1.29, 1.82) is 0 Å². The Labute approximate surface area is 225 Å². The van der Waals surface area contributed by atoms with Gasteiger partial charge in [-0.2, -0.15) is 0 Å². The van der Waals surface area contributed by atoms with Crippen LogP contribution in [0.3, 0.4) is 0 Å². The van der Waals surface area contributed by atoms with E-state index in [9.17, 15) is 13.2 Å². The molecule has 4 aromatic rings. The summed E-state index contributed by atoms with van der Waals surface area (Å²) in [5.41, 5.74) is 3.06. The summed E-state index contributed by atoms with van der Waals surface area (Å²) in [4.78, 5) is 13.2. The maximum absolute atomic E-state index is 13.0. The third-order valence-electron chi connectivity index (χ3n) is 5.65. The molecule has 0 aliphatic heterocycles. The fourth-order valence-electron chi connectivity index (χ4n) is 3.70. The number of anilines is 1. The van der Waals surface area contributed by atoms with Crippen molar-refractivity contribution in [2.45, 2.75) is 17.7 Å². The Morgan fingerprint density at radius 1 is 0.784 bits per heavy atom. The molecule has 0 aromatic heterocycles. The van der Waals surface area contributed by atoms with Gasteiger partial charge in [0.2, 0.25) is 10.0 Å². The van der Waals surface area contributed by atoms with Crippen LogP contribution in [0.5, 0.6) is 5.75 Å². The van der Waals surface area contributed by atoms with Crippen molar-refractivity contribution in [3.05, 3.63) is 124 Å². The number of ether oxygens (including phenoxy) is 1. The average molecular weight is 580 g/mol. The first-order chi connectivity index (χ1) is 17.9. The van der Waals surface area contributed by atoms with E-state index in [4.69, 9.17) is 4.74 Å². The first-order valence-electron chi connectivity index (χ1n) is 11.8. The van der Waals surface area contributed by atoms with Crippen LogP contribution in [0.1, 0.15) is 21.5 Å². The van der Waals surface area contributed by atoms with Gasteiger partial charge in [0.25, 0.3) is 5.91 Å². The Hall–Kier alpha value is -3.46. The first kappa shape index (κ1) is 26.6. The van der Waals surface area contributed by atoms with Crippen molar-refractivity contribution in [2.75, 3.05) is 18.5 Å². The van der Waals surface area contributed by atoms with E-state index in [0.717, 1.165) is 15.6 Å². The van der Waals surface area contributed by atoms with Crippen molar-refractivity contribution >= 4 is 37.5 Å². The molecular formula is C29H27BrN2O4S.